The van der Waals surface area contributed by atoms with Crippen molar-refractivity contribution in [3.05, 3.63) is 23.4 Å². The van der Waals surface area contributed by atoms with E-state index in [1.165, 1.54) is 4.90 Å². The van der Waals surface area contributed by atoms with Gasteiger partial charge in [-0.3, -0.25) is 9.69 Å². The maximum atomic E-state index is 12.4. The molecule has 21 heavy (non-hydrogen) atoms. The van der Waals surface area contributed by atoms with Crippen LogP contribution in [0.15, 0.2) is 23.4 Å². The molecule has 2 rings (SSSR count). The van der Waals surface area contributed by atoms with Crippen LogP contribution in [-0.2, 0) is 9.59 Å². The standard InChI is InChI=1S/C13H19IN2O3SSi/c1-21(2,3)15-9-11(17)16-10(13(18)19)8(5-4-6-14)7-20-12(9)16/h4-5,9,12,15H,6-7H2,1-3H3,(H,18,19)/b5-4+/t9-,12?/m1/s1. The van der Waals surface area contributed by atoms with Crippen molar-refractivity contribution in [2.24, 2.45) is 0 Å². The molecular formula is C13H19IN2O3SSi. The van der Waals surface area contributed by atoms with Crippen LogP contribution in [-0.4, -0.2) is 51.7 Å². The number of rotatable bonds is 5. The van der Waals surface area contributed by atoms with Gasteiger partial charge in [0, 0.05) is 10.2 Å². The summed E-state index contributed by atoms with van der Waals surface area (Å²) in [5.41, 5.74) is 0.874. The predicted octanol–water partition coefficient (Wildman–Crippen LogP) is 2.02. The summed E-state index contributed by atoms with van der Waals surface area (Å²) in [5, 5.41) is 9.37. The number of β-lactam (4-membered cyclic amide) rings is 1. The zero-order valence-electron chi connectivity index (χ0n) is 12.2. The fraction of sp³-hybridized carbons (Fsp3) is 0.538. The molecule has 1 amide bonds. The van der Waals surface area contributed by atoms with E-state index in [2.05, 4.69) is 47.2 Å². The van der Waals surface area contributed by atoms with E-state index in [-0.39, 0.29) is 23.0 Å². The number of carboxylic acids is 1. The summed E-state index contributed by atoms with van der Waals surface area (Å²) in [4.78, 5) is 28.8. The Morgan fingerprint density at radius 3 is 2.76 bits per heavy atom. The first kappa shape index (κ1) is 17.0. The van der Waals surface area contributed by atoms with Crippen LogP contribution in [0.3, 0.4) is 0 Å². The summed E-state index contributed by atoms with van der Waals surface area (Å²) in [5.74, 6) is -0.506. The Bertz CT molecular complexity index is 530. The minimum Gasteiger partial charge on any atom is -0.477 e. The van der Waals surface area contributed by atoms with Gasteiger partial charge in [-0.05, 0) is 5.57 Å². The number of nitrogens with one attached hydrogen (secondary N) is 1. The summed E-state index contributed by atoms with van der Waals surface area (Å²) in [6, 6.07) is -0.244. The molecule has 0 aromatic carbocycles. The second-order valence-electron chi connectivity index (χ2n) is 6.02. The third-order valence-electron chi connectivity index (χ3n) is 3.20. The Morgan fingerprint density at radius 2 is 2.24 bits per heavy atom. The Morgan fingerprint density at radius 1 is 1.57 bits per heavy atom. The Hall–Kier alpha value is -0.323. The van der Waals surface area contributed by atoms with Gasteiger partial charge < -0.3 is 10.1 Å². The number of fused-ring (bicyclic) bond motifs is 1. The monoisotopic (exact) mass is 438 g/mol. The van der Waals surface area contributed by atoms with Crippen molar-refractivity contribution in [2.75, 3.05) is 10.2 Å². The van der Waals surface area contributed by atoms with Crippen LogP contribution in [0.1, 0.15) is 0 Å². The lowest BCUT2D eigenvalue weighted by atomic mass is 10.0. The largest absolute Gasteiger partial charge is 0.477 e. The number of carbonyl (C=O) groups excluding carboxylic acids is 1. The number of carboxylic acid groups (broad SMARTS) is 1. The van der Waals surface area contributed by atoms with Crippen molar-refractivity contribution in [2.45, 2.75) is 31.1 Å². The quantitative estimate of drug-likeness (QED) is 0.298. The van der Waals surface area contributed by atoms with Crippen LogP contribution in [0.25, 0.3) is 0 Å². The van der Waals surface area contributed by atoms with Gasteiger partial charge >= 0.3 is 5.97 Å². The van der Waals surface area contributed by atoms with Gasteiger partial charge in [-0.25, -0.2) is 4.79 Å². The molecule has 0 bridgehead atoms. The molecule has 2 aliphatic rings. The minimum atomic E-state index is -1.58. The summed E-state index contributed by atoms with van der Waals surface area (Å²) in [6.45, 7) is 6.41. The minimum absolute atomic E-state index is 0.0907. The number of alkyl halides is 1. The SMILES string of the molecule is C[Si](C)(C)N[C@@H]1C(=O)N2C(C(=O)O)=C(/C=C/CI)CSC12. The maximum Gasteiger partial charge on any atom is 0.352 e. The highest BCUT2D eigenvalue weighted by atomic mass is 127. The van der Waals surface area contributed by atoms with E-state index < -0.39 is 14.2 Å². The molecule has 2 N–H and O–H groups in total. The molecule has 1 unspecified atom stereocenters. The molecule has 8 heteroatoms. The molecule has 2 aliphatic heterocycles. The number of hydrogen-bond acceptors (Lipinski definition) is 4. The predicted molar refractivity (Wildman–Crippen MR) is 96.1 cm³/mol. The van der Waals surface area contributed by atoms with Crippen LogP contribution < -0.4 is 4.98 Å². The van der Waals surface area contributed by atoms with Crippen molar-refractivity contribution < 1.29 is 14.7 Å². The second-order valence-corrected chi connectivity index (χ2v) is 12.8. The Labute approximate surface area is 143 Å². The van der Waals surface area contributed by atoms with E-state index in [0.29, 0.717) is 5.75 Å². The summed E-state index contributed by atoms with van der Waals surface area (Å²) in [7, 11) is -1.58. The average Bonchev–Trinajstić information content (AvgIpc) is 2.40. The molecular weight excluding hydrogens is 419 g/mol. The van der Waals surface area contributed by atoms with Crippen molar-refractivity contribution >= 4 is 54.5 Å². The molecule has 0 aliphatic carbocycles. The van der Waals surface area contributed by atoms with Crippen molar-refractivity contribution in [1.82, 2.24) is 9.88 Å². The van der Waals surface area contributed by atoms with E-state index in [1.807, 2.05) is 12.2 Å². The third-order valence-corrected chi connectivity index (χ3v) is 6.18. The number of allylic oxidation sites excluding steroid dienone is 2. The molecule has 2 atom stereocenters. The van der Waals surface area contributed by atoms with Gasteiger partial charge in [0.1, 0.15) is 25.3 Å². The third kappa shape index (κ3) is 3.54. The van der Waals surface area contributed by atoms with Crippen LogP contribution in [0.4, 0.5) is 0 Å². The number of halogens is 1. The highest BCUT2D eigenvalue weighted by Gasteiger charge is 2.53. The average molecular weight is 438 g/mol. The van der Waals surface area contributed by atoms with E-state index in [4.69, 9.17) is 0 Å². The van der Waals surface area contributed by atoms with Crippen LogP contribution >= 0.6 is 34.4 Å². The first-order valence-corrected chi connectivity index (χ1v) is 12.7. The fourth-order valence-corrected chi connectivity index (χ4v) is 5.33. The van der Waals surface area contributed by atoms with E-state index in [1.54, 1.807) is 11.8 Å². The molecule has 0 aromatic rings. The Balaban J connectivity index is 2.26. The van der Waals surface area contributed by atoms with Gasteiger partial charge in [0.25, 0.3) is 0 Å². The van der Waals surface area contributed by atoms with Gasteiger partial charge in [0.2, 0.25) is 5.91 Å². The highest BCUT2D eigenvalue weighted by Crippen LogP contribution is 2.41. The molecule has 2 heterocycles. The lowest BCUT2D eigenvalue weighted by molar-refractivity contribution is -0.148. The Kier molecular flexibility index (Phi) is 5.22. The van der Waals surface area contributed by atoms with Gasteiger partial charge in [-0.15, -0.1) is 11.8 Å². The topological polar surface area (TPSA) is 69.6 Å². The zero-order chi connectivity index (χ0) is 15.8. The smallest absolute Gasteiger partial charge is 0.352 e. The second kappa shape index (κ2) is 6.43. The molecule has 1 saturated heterocycles. The van der Waals surface area contributed by atoms with Gasteiger partial charge in [-0.2, -0.15) is 0 Å². The molecule has 116 valence electrons. The van der Waals surface area contributed by atoms with E-state index in [9.17, 15) is 14.7 Å². The molecule has 5 nitrogen and oxygen atoms in total. The zero-order valence-corrected chi connectivity index (χ0v) is 16.2. The van der Waals surface area contributed by atoms with Crippen molar-refractivity contribution in [1.29, 1.82) is 0 Å². The molecule has 1 fully saturated rings. The normalized spacial score (nSPS) is 26.1. The van der Waals surface area contributed by atoms with Crippen LogP contribution in [0.5, 0.6) is 0 Å². The van der Waals surface area contributed by atoms with Gasteiger partial charge in [-0.1, -0.05) is 54.4 Å². The summed E-state index contributed by atoms with van der Waals surface area (Å²) >= 11 is 3.84. The molecule has 0 aromatic heterocycles. The summed E-state index contributed by atoms with van der Waals surface area (Å²) < 4.78 is 0.815. The van der Waals surface area contributed by atoms with Crippen molar-refractivity contribution in [3.63, 3.8) is 0 Å². The molecule has 0 saturated carbocycles. The number of nitrogens with zero attached hydrogens (tertiary/aromatic N) is 1. The van der Waals surface area contributed by atoms with Gasteiger partial charge in [0.05, 0.1) is 0 Å². The molecule has 0 radical (unpaired) electrons. The lowest BCUT2D eigenvalue weighted by Crippen LogP contribution is -2.73. The van der Waals surface area contributed by atoms with E-state index in [0.717, 1.165) is 10.0 Å². The number of carbonyl (C=O) groups is 2. The summed E-state index contributed by atoms with van der Waals surface area (Å²) in [6.07, 6.45) is 3.74. The number of aliphatic carboxylic acids is 1. The van der Waals surface area contributed by atoms with Crippen LogP contribution in [0, 0.1) is 0 Å². The highest BCUT2D eigenvalue weighted by molar-refractivity contribution is 14.1. The van der Waals surface area contributed by atoms with Crippen molar-refractivity contribution in [3.8, 4) is 0 Å². The molecule has 0 spiro atoms. The first-order valence-electron chi connectivity index (χ1n) is 6.67. The number of amides is 1. The first-order chi connectivity index (χ1) is 9.76. The lowest BCUT2D eigenvalue weighted by Gasteiger charge is -2.51. The van der Waals surface area contributed by atoms with Crippen LogP contribution in [0.2, 0.25) is 19.6 Å². The fourth-order valence-electron chi connectivity index (χ4n) is 2.42. The number of thioether (sulfide) groups is 1. The maximum absolute atomic E-state index is 12.4. The van der Waals surface area contributed by atoms with Gasteiger partial charge in [0.15, 0.2) is 0 Å². The number of hydrogen-bond donors (Lipinski definition) is 2. The van der Waals surface area contributed by atoms with E-state index >= 15 is 0 Å².